The van der Waals surface area contributed by atoms with Crippen LogP contribution in [0.4, 0.5) is 0 Å². The zero-order valence-electron chi connectivity index (χ0n) is 11.6. The second-order valence-corrected chi connectivity index (χ2v) is 6.89. The summed E-state index contributed by atoms with van der Waals surface area (Å²) in [6, 6.07) is 11.9. The number of aromatic nitrogens is 2. The highest BCUT2D eigenvalue weighted by Crippen LogP contribution is 2.32. The van der Waals surface area contributed by atoms with Gasteiger partial charge in [0.05, 0.1) is 16.0 Å². The van der Waals surface area contributed by atoms with E-state index in [0.717, 1.165) is 6.26 Å². The number of fused-ring (bicyclic) bond motifs is 1. The predicted octanol–water partition coefficient (Wildman–Crippen LogP) is 2.35. The molecule has 21 heavy (non-hydrogen) atoms. The Bertz CT molecular complexity index is 943. The summed E-state index contributed by atoms with van der Waals surface area (Å²) < 4.78 is 25.5. The zero-order valence-corrected chi connectivity index (χ0v) is 12.4. The molecule has 1 aromatic heterocycles. The number of nitrogens with zero attached hydrogens (tertiary/aromatic N) is 2. The third kappa shape index (κ3) is 2.17. The molecule has 3 aromatic rings. The van der Waals surface area contributed by atoms with Crippen molar-refractivity contribution < 1.29 is 13.5 Å². The second kappa shape index (κ2) is 4.60. The smallest absolute Gasteiger partial charge is 0.177 e. The van der Waals surface area contributed by atoms with Crippen molar-refractivity contribution in [2.75, 3.05) is 6.26 Å². The van der Waals surface area contributed by atoms with Crippen LogP contribution in [0.2, 0.25) is 0 Å². The average Bonchev–Trinajstić information content (AvgIpc) is 2.76. The molecule has 0 fully saturated rings. The van der Waals surface area contributed by atoms with Gasteiger partial charge in [-0.15, -0.1) is 0 Å². The number of sulfone groups is 1. The molecule has 0 aliphatic carbocycles. The minimum absolute atomic E-state index is 0.108. The molecule has 0 unspecified atom stereocenters. The van der Waals surface area contributed by atoms with Crippen LogP contribution in [-0.2, 0) is 16.9 Å². The molecule has 2 aromatic carbocycles. The van der Waals surface area contributed by atoms with Gasteiger partial charge in [0.1, 0.15) is 17.1 Å². The van der Waals surface area contributed by atoms with E-state index in [-0.39, 0.29) is 10.6 Å². The maximum absolute atomic E-state index is 11.9. The van der Waals surface area contributed by atoms with E-state index in [1.54, 1.807) is 54.1 Å². The Morgan fingerprint density at radius 1 is 1.10 bits per heavy atom. The standard InChI is InChI=1S/C15H14N2O3S/c1-17-11-7-5-9-13(21(2,19)20)14(11)16-15(17)10-6-3-4-8-12(10)18/h3-9,18H,1-2H3. The first kappa shape index (κ1) is 13.6. The number of imidazole rings is 1. The number of hydrogen-bond acceptors (Lipinski definition) is 4. The molecule has 0 saturated heterocycles. The van der Waals surface area contributed by atoms with E-state index in [2.05, 4.69) is 4.98 Å². The van der Waals surface area contributed by atoms with Gasteiger partial charge in [0.2, 0.25) is 0 Å². The van der Waals surface area contributed by atoms with Crippen LogP contribution in [0.5, 0.6) is 5.75 Å². The van der Waals surface area contributed by atoms with Gasteiger partial charge in [-0.1, -0.05) is 18.2 Å². The van der Waals surface area contributed by atoms with Gasteiger partial charge in [-0.2, -0.15) is 0 Å². The molecule has 0 saturated carbocycles. The molecular weight excluding hydrogens is 288 g/mol. The molecule has 6 heteroatoms. The van der Waals surface area contributed by atoms with Crippen LogP contribution < -0.4 is 0 Å². The van der Waals surface area contributed by atoms with Crippen LogP contribution in [0.1, 0.15) is 0 Å². The number of rotatable bonds is 2. The Kier molecular flexibility index (Phi) is 2.98. The Morgan fingerprint density at radius 3 is 2.48 bits per heavy atom. The highest BCUT2D eigenvalue weighted by atomic mass is 32.2. The average molecular weight is 302 g/mol. The van der Waals surface area contributed by atoms with Crippen molar-refractivity contribution in [3.8, 4) is 17.1 Å². The van der Waals surface area contributed by atoms with E-state index in [1.165, 1.54) is 0 Å². The molecule has 1 heterocycles. The van der Waals surface area contributed by atoms with E-state index in [0.29, 0.717) is 22.4 Å². The molecule has 0 bridgehead atoms. The van der Waals surface area contributed by atoms with Crippen LogP contribution in [0.25, 0.3) is 22.4 Å². The summed E-state index contributed by atoms with van der Waals surface area (Å²) in [7, 11) is -1.57. The molecule has 1 N–H and O–H groups in total. The van der Waals surface area contributed by atoms with Crippen LogP contribution in [0.3, 0.4) is 0 Å². The highest BCUT2D eigenvalue weighted by Gasteiger charge is 2.19. The lowest BCUT2D eigenvalue weighted by Crippen LogP contribution is -1.98. The first-order chi connectivity index (χ1) is 9.89. The normalized spacial score (nSPS) is 11.9. The van der Waals surface area contributed by atoms with Gasteiger partial charge >= 0.3 is 0 Å². The summed E-state index contributed by atoms with van der Waals surface area (Å²) in [5.74, 6) is 0.635. The number of phenols is 1. The maximum Gasteiger partial charge on any atom is 0.177 e. The first-order valence-electron chi connectivity index (χ1n) is 6.33. The van der Waals surface area contributed by atoms with Crippen molar-refractivity contribution in [1.82, 2.24) is 9.55 Å². The van der Waals surface area contributed by atoms with Crippen molar-refractivity contribution in [2.24, 2.45) is 7.05 Å². The summed E-state index contributed by atoms with van der Waals surface area (Å²) in [6.07, 6.45) is 1.16. The van der Waals surface area contributed by atoms with Gasteiger partial charge in [0, 0.05) is 13.3 Å². The zero-order chi connectivity index (χ0) is 15.2. The second-order valence-electron chi connectivity index (χ2n) is 4.91. The van der Waals surface area contributed by atoms with Gasteiger partial charge in [-0.25, -0.2) is 13.4 Å². The number of benzene rings is 2. The van der Waals surface area contributed by atoms with Crippen molar-refractivity contribution in [2.45, 2.75) is 4.90 Å². The lowest BCUT2D eigenvalue weighted by Gasteiger charge is -2.04. The lowest BCUT2D eigenvalue weighted by molar-refractivity contribution is 0.476. The van der Waals surface area contributed by atoms with Gasteiger partial charge < -0.3 is 9.67 Å². The van der Waals surface area contributed by atoms with E-state index < -0.39 is 9.84 Å². The number of para-hydroxylation sites is 2. The molecule has 0 amide bonds. The maximum atomic E-state index is 11.9. The number of aryl methyl sites for hydroxylation is 1. The summed E-state index contributed by atoms with van der Waals surface area (Å²) in [5.41, 5.74) is 1.69. The van der Waals surface area contributed by atoms with E-state index >= 15 is 0 Å². The Balaban J connectivity index is 2.38. The first-order valence-corrected chi connectivity index (χ1v) is 8.22. The van der Waals surface area contributed by atoms with Crippen molar-refractivity contribution in [3.63, 3.8) is 0 Å². The van der Waals surface area contributed by atoms with Gasteiger partial charge in [-0.05, 0) is 24.3 Å². The SMILES string of the molecule is Cn1c(-c2ccccc2O)nc2c(S(C)(=O)=O)cccc21. The van der Waals surface area contributed by atoms with E-state index in [9.17, 15) is 13.5 Å². The highest BCUT2D eigenvalue weighted by molar-refractivity contribution is 7.91. The van der Waals surface area contributed by atoms with Crippen LogP contribution >= 0.6 is 0 Å². The van der Waals surface area contributed by atoms with Crippen molar-refractivity contribution in [1.29, 1.82) is 0 Å². The van der Waals surface area contributed by atoms with Crippen LogP contribution in [0.15, 0.2) is 47.4 Å². The Hall–Kier alpha value is -2.34. The molecular formula is C15H14N2O3S. The monoisotopic (exact) mass is 302 g/mol. The molecule has 0 aliphatic rings. The summed E-state index contributed by atoms with van der Waals surface area (Å²) >= 11 is 0. The topological polar surface area (TPSA) is 72.2 Å². The lowest BCUT2D eigenvalue weighted by atomic mass is 10.2. The molecule has 0 spiro atoms. The molecule has 0 aliphatic heterocycles. The third-order valence-electron chi connectivity index (χ3n) is 3.42. The minimum Gasteiger partial charge on any atom is -0.507 e. The molecule has 5 nitrogen and oxygen atoms in total. The van der Waals surface area contributed by atoms with Crippen molar-refractivity contribution >= 4 is 20.9 Å². The molecule has 0 radical (unpaired) electrons. The van der Waals surface area contributed by atoms with E-state index in [1.807, 2.05) is 0 Å². The number of phenolic OH excluding ortho intramolecular Hbond substituents is 1. The fourth-order valence-electron chi connectivity index (χ4n) is 2.39. The van der Waals surface area contributed by atoms with Crippen LogP contribution in [0, 0.1) is 0 Å². The fraction of sp³-hybridized carbons (Fsp3) is 0.133. The van der Waals surface area contributed by atoms with E-state index in [4.69, 9.17) is 0 Å². The number of aromatic hydroxyl groups is 1. The third-order valence-corrected chi connectivity index (χ3v) is 4.55. The molecule has 108 valence electrons. The minimum atomic E-state index is -3.36. The molecule has 0 atom stereocenters. The summed E-state index contributed by atoms with van der Waals surface area (Å²) in [5, 5.41) is 9.97. The predicted molar refractivity (Wildman–Crippen MR) is 80.9 cm³/mol. The van der Waals surface area contributed by atoms with Gasteiger partial charge in [-0.3, -0.25) is 0 Å². The van der Waals surface area contributed by atoms with Crippen LogP contribution in [-0.4, -0.2) is 29.3 Å². The largest absolute Gasteiger partial charge is 0.507 e. The van der Waals surface area contributed by atoms with Gasteiger partial charge in [0.25, 0.3) is 0 Å². The quantitative estimate of drug-likeness (QED) is 0.788. The number of hydrogen-bond donors (Lipinski definition) is 1. The van der Waals surface area contributed by atoms with Gasteiger partial charge in [0.15, 0.2) is 9.84 Å². The Labute approximate surface area is 122 Å². The van der Waals surface area contributed by atoms with Crippen molar-refractivity contribution in [3.05, 3.63) is 42.5 Å². The fourth-order valence-corrected chi connectivity index (χ4v) is 3.22. The molecule has 3 rings (SSSR count). The Morgan fingerprint density at radius 2 is 1.81 bits per heavy atom. The summed E-state index contributed by atoms with van der Waals surface area (Å²) in [4.78, 5) is 4.63. The summed E-state index contributed by atoms with van der Waals surface area (Å²) in [6.45, 7) is 0.